The lowest BCUT2D eigenvalue weighted by Gasteiger charge is -2.05. The molecular formula is C16H10F3N4O+. The molecule has 2 heterocycles. The Morgan fingerprint density at radius 1 is 1.00 bits per heavy atom. The summed E-state index contributed by atoms with van der Waals surface area (Å²) in [5, 5.41) is 0.782. The molecule has 0 saturated carbocycles. The first-order valence-corrected chi connectivity index (χ1v) is 7.04. The van der Waals surface area contributed by atoms with Gasteiger partial charge in [0.15, 0.2) is 0 Å². The Kier molecular flexibility index (Phi) is 2.96. The molecule has 0 aliphatic rings. The lowest BCUT2D eigenvalue weighted by molar-refractivity contribution is -0.651. The number of aromatic nitrogens is 4. The van der Waals surface area contributed by atoms with Gasteiger partial charge >= 0.3 is 6.18 Å². The molecule has 0 fully saturated rings. The van der Waals surface area contributed by atoms with E-state index in [9.17, 15) is 18.1 Å². The maximum atomic E-state index is 12.7. The minimum atomic E-state index is -4.42. The Balaban J connectivity index is 1.93. The molecule has 0 aliphatic carbocycles. The van der Waals surface area contributed by atoms with Gasteiger partial charge in [-0.2, -0.15) is 13.2 Å². The Morgan fingerprint density at radius 3 is 2.42 bits per heavy atom. The van der Waals surface area contributed by atoms with Crippen molar-refractivity contribution in [1.82, 2.24) is 14.2 Å². The van der Waals surface area contributed by atoms with E-state index in [4.69, 9.17) is 0 Å². The van der Waals surface area contributed by atoms with Gasteiger partial charge in [-0.05, 0) is 39.5 Å². The second-order valence-electron chi connectivity index (χ2n) is 5.26. The van der Waals surface area contributed by atoms with E-state index >= 15 is 0 Å². The van der Waals surface area contributed by atoms with Crippen molar-refractivity contribution >= 4 is 16.6 Å². The van der Waals surface area contributed by atoms with Gasteiger partial charge < -0.3 is 0 Å². The quantitative estimate of drug-likeness (QED) is 0.503. The van der Waals surface area contributed by atoms with Crippen molar-refractivity contribution in [1.29, 1.82) is 0 Å². The van der Waals surface area contributed by atoms with Gasteiger partial charge in [0.1, 0.15) is 17.4 Å². The van der Waals surface area contributed by atoms with Gasteiger partial charge in [0.25, 0.3) is 4.66 Å². The SMILES string of the molecule is O=[n+]1n(-c2ccc(C(F)(F)F)cc2)cc2ncc3ccccc3n21. The Morgan fingerprint density at radius 2 is 1.71 bits per heavy atom. The van der Waals surface area contributed by atoms with Crippen molar-refractivity contribution in [3.63, 3.8) is 0 Å². The van der Waals surface area contributed by atoms with Crippen LogP contribution in [0.1, 0.15) is 5.56 Å². The highest BCUT2D eigenvalue weighted by molar-refractivity contribution is 5.79. The van der Waals surface area contributed by atoms with Crippen LogP contribution in [0.15, 0.2) is 60.9 Å². The molecular weight excluding hydrogens is 321 g/mol. The second kappa shape index (κ2) is 4.92. The number of halogens is 3. The number of hydrogen-bond donors (Lipinski definition) is 0. The minimum absolute atomic E-state index is 0.313. The minimum Gasteiger partial charge on any atom is -0.231 e. The molecule has 8 heteroatoms. The number of para-hydroxylation sites is 1. The fraction of sp³-hybridized carbons (Fsp3) is 0.0625. The Hall–Kier alpha value is -3.16. The van der Waals surface area contributed by atoms with Crippen molar-refractivity contribution < 1.29 is 17.8 Å². The van der Waals surface area contributed by atoms with Crippen LogP contribution in [0.2, 0.25) is 0 Å². The number of hydrogen-bond acceptors (Lipinski definition) is 2. The molecule has 2 aromatic carbocycles. The predicted molar refractivity (Wildman–Crippen MR) is 80.4 cm³/mol. The van der Waals surface area contributed by atoms with Gasteiger partial charge in [-0.25, -0.2) is 4.98 Å². The second-order valence-corrected chi connectivity index (χ2v) is 5.26. The molecule has 24 heavy (non-hydrogen) atoms. The van der Waals surface area contributed by atoms with Gasteiger partial charge in [-0.3, -0.25) is 0 Å². The summed E-state index contributed by atoms with van der Waals surface area (Å²) in [5.41, 5.74) is 0.593. The lowest BCUT2D eigenvalue weighted by atomic mass is 10.2. The summed E-state index contributed by atoms with van der Waals surface area (Å²) in [6, 6.07) is 11.6. The van der Waals surface area contributed by atoms with E-state index in [1.165, 1.54) is 27.5 Å². The molecule has 2 aromatic heterocycles. The fourth-order valence-electron chi connectivity index (χ4n) is 2.60. The standard InChI is InChI=1S/C16H10F3N4O/c17-16(18,19)12-5-7-13(8-6-12)21-10-15-20-9-11-3-1-2-4-14(11)22(15)23(21)24/h1-10H/q+1. The van der Waals surface area contributed by atoms with Gasteiger partial charge in [0.2, 0.25) is 5.65 Å². The topological polar surface area (TPSA) is 45.2 Å². The number of rotatable bonds is 1. The first kappa shape index (κ1) is 14.4. The maximum absolute atomic E-state index is 12.7. The molecule has 4 aromatic rings. The summed E-state index contributed by atoms with van der Waals surface area (Å²) >= 11 is 0. The van der Waals surface area contributed by atoms with Crippen LogP contribution in [0, 0.1) is 4.91 Å². The van der Waals surface area contributed by atoms with Crippen molar-refractivity contribution in [2.45, 2.75) is 6.18 Å². The first-order valence-electron chi connectivity index (χ1n) is 7.04. The van der Waals surface area contributed by atoms with Crippen molar-refractivity contribution in [2.24, 2.45) is 0 Å². The Labute approximate surface area is 132 Å². The van der Waals surface area contributed by atoms with E-state index in [1.807, 2.05) is 12.1 Å². The van der Waals surface area contributed by atoms with Crippen LogP contribution < -0.4 is 4.66 Å². The molecule has 0 spiro atoms. The third-order valence-corrected chi connectivity index (χ3v) is 3.77. The average Bonchev–Trinajstić information content (AvgIpc) is 2.91. The summed E-state index contributed by atoms with van der Waals surface area (Å²) in [4.78, 5) is 16.8. The molecule has 120 valence electrons. The highest BCUT2D eigenvalue weighted by atomic mass is 19.4. The van der Waals surface area contributed by atoms with Gasteiger partial charge in [-0.1, -0.05) is 18.2 Å². The van der Waals surface area contributed by atoms with E-state index in [1.54, 1.807) is 18.3 Å². The summed E-state index contributed by atoms with van der Waals surface area (Å²) in [5.74, 6) is 0. The monoisotopic (exact) mass is 331 g/mol. The van der Waals surface area contributed by atoms with Gasteiger partial charge in [-0.15, -0.1) is 0 Å². The van der Waals surface area contributed by atoms with Crippen molar-refractivity contribution in [3.8, 4) is 5.69 Å². The van der Waals surface area contributed by atoms with Crippen LogP contribution in [0.25, 0.3) is 22.2 Å². The van der Waals surface area contributed by atoms with E-state index in [0.29, 0.717) is 21.5 Å². The summed E-state index contributed by atoms with van der Waals surface area (Å²) < 4.78 is 41.1. The maximum Gasteiger partial charge on any atom is 0.416 e. The van der Waals surface area contributed by atoms with Crippen LogP contribution in [0.3, 0.4) is 0 Å². The molecule has 5 nitrogen and oxygen atoms in total. The number of fused-ring (bicyclic) bond motifs is 3. The van der Waals surface area contributed by atoms with E-state index in [2.05, 4.69) is 4.98 Å². The van der Waals surface area contributed by atoms with Crippen LogP contribution in [0.5, 0.6) is 0 Å². The van der Waals surface area contributed by atoms with Crippen LogP contribution in [-0.2, 0) is 6.18 Å². The number of alkyl halides is 3. The van der Waals surface area contributed by atoms with Crippen LogP contribution >= 0.6 is 0 Å². The number of nitrogens with zero attached hydrogens (tertiary/aromatic N) is 4. The molecule has 0 N–H and O–H groups in total. The molecule has 0 unspecified atom stereocenters. The smallest absolute Gasteiger partial charge is 0.231 e. The highest BCUT2D eigenvalue weighted by Gasteiger charge is 2.30. The zero-order valence-corrected chi connectivity index (χ0v) is 12.1. The van der Waals surface area contributed by atoms with Gasteiger partial charge in [0.05, 0.1) is 10.5 Å². The molecule has 4 rings (SSSR count). The highest BCUT2D eigenvalue weighted by Crippen LogP contribution is 2.29. The first-order chi connectivity index (χ1) is 11.4. The predicted octanol–water partition coefficient (Wildman–Crippen LogP) is 3.21. The van der Waals surface area contributed by atoms with E-state index < -0.39 is 11.7 Å². The van der Waals surface area contributed by atoms with Crippen molar-refractivity contribution in [3.05, 3.63) is 71.4 Å². The molecule has 0 bridgehead atoms. The molecule has 0 saturated heterocycles. The molecule has 0 radical (unpaired) electrons. The third-order valence-electron chi connectivity index (χ3n) is 3.77. The zero-order chi connectivity index (χ0) is 16.9. The molecule has 0 atom stereocenters. The Bertz CT molecular complexity index is 1110. The largest absolute Gasteiger partial charge is 0.416 e. The molecule has 0 amide bonds. The summed E-state index contributed by atoms with van der Waals surface area (Å²) in [6.07, 6.45) is -1.30. The number of benzene rings is 2. The lowest BCUT2D eigenvalue weighted by Crippen LogP contribution is -2.32. The summed E-state index contributed by atoms with van der Waals surface area (Å²) in [6.45, 7) is 0. The van der Waals surface area contributed by atoms with Crippen LogP contribution in [-0.4, -0.2) is 14.2 Å². The zero-order valence-electron chi connectivity index (χ0n) is 12.1. The van der Waals surface area contributed by atoms with E-state index in [-0.39, 0.29) is 0 Å². The van der Waals surface area contributed by atoms with Crippen LogP contribution in [0.4, 0.5) is 13.2 Å². The normalized spacial score (nSPS) is 12.1. The fourth-order valence-corrected chi connectivity index (χ4v) is 2.60. The average molecular weight is 331 g/mol. The van der Waals surface area contributed by atoms with Crippen molar-refractivity contribution in [2.75, 3.05) is 0 Å². The van der Waals surface area contributed by atoms with Gasteiger partial charge in [0, 0.05) is 11.6 Å². The molecule has 0 aliphatic heterocycles. The summed E-state index contributed by atoms with van der Waals surface area (Å²) in [7, 11) is 0. The van der Waals surface area contributed by atoms with E-state index in [0.717, 1.165) is 17.5 Å². The third kappa shape index (κ3) is 2.15.